The molecule has 0 bridgehead atoms. The lowest BCUT2D eigenvalue weighted by molar-refractivity contribution is -0.200. The molecule has 0 spiro atoms. The lowest BCUT2D eigenvalue weighted by atomic mass is 9.55. The number of aliphatic hydroxyl groups excluding tert-OH is 1. The number of hydrogen-bond donors (Lipinski definition) is 3. The maximum atomic E-state index is 12.3. The first kappa shape index (κ1) is 33.3. The number of aromatic hydroxyl groups is 1. The van der Waals surface area contributed by atoms with E-state index in [2.05, 4.69) is 53.3 Å². The molecule has 38 heavy (non-hydrogen) atoms. The highest BCUT2D eigenvalue weighted by atomic mass is 32.1. The molecule has 2 fully saturated rings. The highest BCUT2D eigenvalue weighted by molar-refractivity contribution is 7.80. The highest BCUT2D eigenvalue weighted by Crippen LogP contribution is 2.60. The molecule has 0 radical (unpaired) electrons. The summed E-state index contributed by atoms with van der Waals surface area (Å²) in [4.78, 5) is 0. The zero-order chi connectivity index (χ0) is 28.9. The van der Waals surface area contributed by atoms with E-state index in [0.717, 1.165) is 25.2 Å². The predicted octanol–water partition coefficient (Wildman–Crippen LogP) is 9.43. The van der Waals surface area contributed by atoms with E-state index in [4.69, 9.17) is 0 Å². The molecule has 5 unspecified atom stereocenters. The van der Waals surface area contributed by atoms with Gasteiger partial charge in [-0.05, 0) is 103 Å². The number of fused-ring (bicyclic) bond motifs is 5. The van der Waals surface area contributed by atoms with E-state index >= 15 is 0 Å². The number of rotatable bonds is 6. The number of phenolic OH excluding ortho intramolecular Hbond substituents is 1. The Morgan fingerprint density at radius 1 is 1.00 bits per heavy atom. The summed E-state index contributed by atoms with van der Waals surface area (Å²) in [5.74, 6) is -5.12. The molecule has 1 aromatic carbocycles. The van der Waals surface area contributed by atoms with Crippen molar-refractivity contribution in [1.82, 2.24) is 0 Å². The molecule has 2 nitrogen and oxygen atoms in total. The average Bonchev–Trinajstić information content (AvgIpc) is 3.17. The van der Waals surface area contributed by atoms with E-state index in [-0.39, 0.29) is 30.6 Å². The summed E-state index contributed by atoms with van der Waals surface area (Å²) in [6, 6.07) is 5.96. The second-order valence-electron chi connectivity index (χ2n) is 12.7. The maximum absolute atomic E-state index is 12.3. The zero-order valence-corrected chi connectivity index (χ0v) is 25.1. The number of halogens is 4. The van der Waals surface area contributed by atoms with Crippen LogP contribution >= 0.6 is 12.6 Å². The second kappa shape index (κ2) is 13.1. The number of alkyl halides is 4. The molecule has 220 valence electrons. The van der Waals surface area contributed by atoms with Crippen molar-refractivity contribution >= 4 is 12.6 Å². The van der Waals surface area contributed by atoms with Gasteiger partial charge < -0.3 is 10.2 Å². The van der Waals surface area contributed by atoms with Gasteiger partial charge in [-0.25, -0.2) is 8.78 Å². The summed E-state index contributed by atoms with van der Waals surface area (Å²) in [6.45, 7) is 11.6. The van der Waals surface area contributed by atoms with E-state index in [0.29, 0.717) is 23.0 Å². The predicted molar refractivity (Wildman–Crippen MR) is 152 cm³/mol. The van der Waals surface area contributed by atoms with Crippen molar-refractivity contribution in [1.29, 1.82) is 0 Å². The van der Waals surface area contributed by atoms with Crippen molar-refractivity contribution < 1.29 is 27.8 Å². The topological polar surface area (TPSA) is 40.5 Å². The molecule has 0 amide bonds. The summed E-state index contributed by atoms with van der Waals surface area (Å²) in [5.41, 5.74) is 3.58. The molecule has 2 saturated carbocycles. The number of phenols is 1. The van der Waals surface area contributed by atoms with Crippen molar-refractivity contribution in [3.8, 4) is 5.75 Å². The SMILES string of the molecule is CC(F)(F)C(F)(F)CCCS.CC12CCC3c4ccc(O)cc4CCC3C1CCC2O.CCC(C)(C)CC. The molecule has 2 N–H and O–H groups in total. The summed E-state index contributed by atoms with van der Waals surface area (Å²) >= 11 is 3.65. The first-order chi connectivity index (χ1) is 17.5. The third-order valence-electron chi connectivity index (χ3n) is 9.87. The molecule has 3 aliphatic carbocycles. The minimum Gasteiger partial charge on any atom is -0.508 e. The number of aryl methyl sites for hydroxylation is 1. The van der Waals surface area contributed by atoms with Crippen LogP contribution in [0.4, 0.5) is 17.6 Å². The summed E-state index contributed by atoms with van der Waals surface area (Å²) in [6.07, 6.45) is 8.56. The van der Waals surface area contributed by atoms with Gasteiger partial charge in [0.2, 0.25) is 0 Å². The standard InChI is InChI=1S/C18H24O2.C7H16.C6H10F4S/c1-18-9-8-14-13-5-3-12(19)10-11(13)2-4-15(14)16(18)6-7-17(18)20;1-5-7(3,4)6-2;1-5(7,8)6(9,10)3-2-4-11/h3,5,10,14-17,19-20H,2,4,6-9H2,1H3;5-6H2,1-4H3;11H,2-4H2,1H3. The Morgan fingerprint density at radius 3 is 2.16 bits per heavy atom. The Hall–Kier alpha value is -0.950. The molecule has 0 aliphatic heterocycles. The Bertz CT molecular complexity index is 879. The number of aliphatic hydroxyl groups is 1. The highest BCUT2D eigenvalue weighted by Gasteiger charge is 2.54. The van der Waals surface area contributed by atoms with Crippen molar-refractivity contribution in [2.75, 3.05) is 5.75 Å². The van der Waals surface area contributed by atoms with Crippen LogP contribution in [0.25, 0.3) is 0 Å². The molecule has 0 heterocycles. The molecule has 5 atom stereocenters. The molecule has 1 aromatic rings. The Morgan fingerprint density at radius 2 is 1.63 bits per heavy atom. The van der Waals surface area contributed by atoms with Gasteiger partial charge in [-0.15, -0.1) is 0 Å². The zero-order valence-electron chi connectivity index (χ0n) is 24.2. The maximum Gasteiger partial charge on any atom is 0.309 e. The first-order valence-corrected chi connectivity index (χ1v) is 15.0. The summed E-state index contributed by atoms with van der Waals surface area (Å²) in [7, 11) is 0. The van der Waals surface area contributed by atoms with E-state index in [1.165, 1.54) is 43.2 Å². The van der Waals surface area contributed by atoms with Crippen molar-refractivity contribution in [3.63, 3.8) is 0 Å². The van der Waals surface area contributed by atoms with E-state index in [9.17, 15) is 27.8 Å². The summed E-state index contributed by atoms with van der Waals surface area (Å²) < 4.78 is 48.8. The third kappa shape index (κ3) is 7.83. The van der Waals surface area contributed by atoms with Crippen molar-refractivity contribution in [3.05, 3.63) is 29.3 Å². The van der Waals surface area contributed by atoms with Crippen LogP contribution in [0.3, 0.4) is 0 Å². The van der Waals surface area contributed by atoms with Gasteiger partial charge in [-0.2, -0.15) is 21.4 Å². The lowest BCUT2D eigenvalue weighted by Crippen LogP contribution is -2.43. The second-order valence-corrected chi connectivity index (χ2v) is 13.2. The van der Waals surface area contributed by atoms with Gasteiger partial charge in [0.1, 0.15) is 5.75 Å². The van der Waals surface area contributed by atoms with Crippen LogP contribution in [0, 0.1) is 22.7 Å². The van der Waals surface area contributed by atoms with Gasteiger partial charge >= 0.3 is 11.8 Å². The fourth-order valence-electron chi connectivity index (χ4n) is 6.31. The fraction of sp³-hybridized carbons (Fsp3) is 0.806. The Labute approximate surface area is 233 Å². The Kier molecular flexibility index (Phi) is 11.5. The lowest BCUT2D eigenvalue weighted by Gasteiger charge is -2.50. The van der Waals surface area contributed by atoms with Gasteiger partial charge in [0.15, 0.2) is 0 Å². The van der Waals surface area contributed by atoms with Crippen LogP contribution in [-0.4, -0.2) is 33.9 Å². The number of thiol groups is 1. The monoisotopic (exact) mass is 562 g/mol. The van der Waals surface area contributed by atoms with Crippen LogP contribution in [0.2, 0.25) is 0 Å². The van der Waals surface area contributed by atoms with Gasteiger partial charge in [0.05, 0.1) is 6.10 Å². The normalized spacial score (nSPS) is 28.6. The minimum atomic E-state index is -3.92. The van der Waals surface area contributed by atoms with E-state index in [1.54, 1.807) is 0 Å². The van der Waals surface area contributed by atoms with Crippen LogP contribution in [0.5, 0.6) is 5.75 Å². The number of benzene rings is 1. The van der Waals surface area contributed by atoms with Gasteiger partial charge in [-0.1, -0.05) is 53.5 Å². The van der Waals surface area contributed by atoms with Crippen LogP contribution in [0.1, 0.15) is 116 Å². The van der Waals surface area contributed by atoms with Gasteiger partial charge in [-0.3, -0.25) is 0 Å². The van der Waals surface area contributed by atoms with Gasteiger partial charge in [0, 0.05) is 13.3 Å². The van der Waals surface area contributed by atoms with Crippen molar-refractivity contribution in [2.24, 2.45) is 22.7 Å². The fourth-order valence-corrected chi connectivity index (χ4v) is 6.47. The average molecular weight is 563 g/mol. The molecule has 3 aliphatic rings. The van der Waals surface area contributed by atoms with Crippen LogP contribution in [-0.2, 0) is 6.42 Å². The quantitative estimate of drug-likeness (QED) is 0.239. The van der Waals surface area contributed by atoms with E-state index in [1.807, 2.05) is 12.1 Å². The molecule has 4 rings (SSSR count). The molecular formula is C31H50F4O2S. The minimum absolute atomic E-state index is 0.000455. The smallest absolute Gasteiger partial charge is 0.309 e. The molecule has 7 heteroatoms. The number of hydrogen-bond acceptors (Lipinski definition) is 3. The molecular weight excluding hydrogens is 512 g/mol. The van der Waals surface area contributed by atoms with Crippen LogP contribution < -0.4 is 0 Å². The Balaban J connectivity index is 0.000000239. The van der Waals surface area contributed by atoms with Crippen molar-refractivity contribution in [2.45, 2.75) is 130 Å². The van der Waals surface area contributed by atoms with Gasteiger partial charge in [0.25, 0.3) is 0 Å². The first-order valence-electron chi connectivity index (χ1n) is 14.4. The molecule has 0 aromatic heterocycles. The van der Waals surface area contributed by atoms with Crippen LogP contribution in [0.15, 0.2) is 18.2 Å². The molecule has 0 saturated heterocycles. The summed E-state index contributed by atoms with van der Waals surface area (Å²) in [5, 5.41) is 20.0. The van der Waals surface area contributed by atoms with E-state index < -0.39 is 18.3 Å². The largest absolute Gasteiger partial charge is 0.508 e. The third-order valence-corrected chi connectivity index (χ3v) is 10.2.